The normalized spacial score (nSPS) is 20.0. The molecule has 172 valence electrons. The van der Waals surface area contributed by atoms with E-state index in [0.29, 0.717) is 23.1 Å². The van der Waals surface area contributed by atoms with Crippen molar-refractivity contribution >= 4 is 63.6 Å². The van der Waals surface area contributed by atoms with Gasteiger partial charge in [0.1, 0.15) is 21.8 Å². The number of piperazine rings is 1. The number of hydrogen-bond donors (Lipinski definition) is 1. The highest BCUT2D eigenvalue weighted by Crippen LogP contribution is 2.33. The van der Waals surface area contributed by atoms with Gasteiger partial charge in [-0.1, -0.05) is 30.0 Å². The molecule has 2 aromatic heterocycles. The molecule has 2 amide bonds. The SMILES string of the molecule is COC(=O)CC1C(=O)NCCN1c1nc2ccc(C)cn2c(=O)c1/C=C1\SC(=S)N(C)C1=O. The van der Waals surface area contributed by atoms with Gasteiger partial charge in [-0.25, -0.2) is 4.98 Å². The van der Waals surface area contributed by atoms with Crippen LogP contribution in [-0.2, 0) is 19.1 Å². The molecular weight excluding hydrogens is 466 g/mol. The summed E-state index contributed by atoms with van der Waals surface area (Å²) >= 11 is 6.29. The summed E-state index contributed by atoms with van der Waals surface area (Å²) in [7, 11) is 2.81. The molecule has 10 nitrogen and oxygen atoms in total. The first-order valence-corrected chi connectivity index (χ1v) is 11.3. The molecular formula is C21H21N5O5S2. The van der Waals surface area contributed by atoms with Gasteiger partial charge in [-0.2, -0.15) is 0 Å². The van der Waals surface area contributed by atoms with Crippen molar-refractivity contribution in [1.29, 1.82) is 0 Å². The predicted molar refractivity (Wildman–Crippen MR) is 128 cm³/mol. The first-order chi connectivity index (χ1) is 15.7. The fourth-order valence-electron chi connectivity index (χ4n) is 3.68. The van der Waals surface area contributed by atoms with Crippen LogP contribution in [0.25, 0.3) is 11.7 Å². The molecule has 0 spiro atoms. The van der Waals surface area contributed by atoms with E-state index in [2.05, 4.69) is 10.3 Å². The van der Waals surface area contributed by atoms with Crippen LogP contribution in [0.2, 0.25) is 0 Å². The number of esters is 1. The van der Waals surface area contributed by atoms with Crippen LogP contribution in [0, 0.1) is 6.92 Å². The summed E-state index contributed by atoms with van der Waals surface area (Å²) in [5.74, 6) is -1.05. The number of fused-ring (bicyclic) bond motifs is 1. The standard InChI is InChI=1S/C21H21N5O5S2/c1-11-4-5-15-23-17(25-7-6-22-18(28)13(25)9-16(27)31-3)12(19(29)26(15)10-11)8-14-20(30)24(2)21(32)33-14/h4-5,8,10,13H,6-7,9H2,1-3H3,(H,22,28)/b14-8-. The quantitative estimate of drug-likeness (QED) is 0.378. The molecule has 2 aliphatic heterocycles. The number of carbonyl (C=O) groups excluding carboxylic acids is 3. The fraction of sp³-hybridized carbons (Fsp3) is 0.333. The highest BCUT2D eigenvalue weighted by atomic mass is 32.2. The molecule has 4 heterocycles. The second-order valence-electron chi connectivity index (χ2n) is 7.61. The lowest BCUT2D eigenvalue weighted by Gasteiger charge is -2.36. The molecule has 0 bridgehead atoms. The number of ether oxygens (including phenoxy) is 1. The first-order valence-electron chi connectivity index (χ1n) is 10.1. The van der Waals surface area contributed by atoms with Crippen molar-refractivity contribution in [2.75, 3.05) is 32.1 Å². The highest BCUT2D eigenvalue weighted by Gasteiger charge is 2.36. The second kappa shape index (κ2) is 8.94. The van der Waals surface area contributed by atoms with Crippen molar-refractivity contribution in [2.24, 2.45) is 0 Å². The van der Waals surface area contributed by atoms with Crippen LogP contribution in [0.15, 0.2) is 28.0 Å². The molecule has 1 N–H and O–H groups in total. The van der Waals surface area contributed by atoms with E-state index in [9.17, 15) is 19.2 Å². The first kappa shape index (κ1) is 22.9. The van der Waals surface area contributed by atoms with Crippen LogP contribution in [0.1, 0.15) is 17.5 Å². The Hall–Kier alpha value is -3.25. The lowest BCUT2D eigenvalue weighted by Crippen LogP contribution is -2.57. The van der Waals surface area contributed by atoms with Gasteiger partial charge >= 0.3 is 5.97 Å². The number of anilines is 1. The molecule has 0 aromatic carbocycles. The van der Waals surface area contributed by atoms with E-state index in [0.717, 1.165) is 17.3 Å². The molecule has 4 rings (SSSR count). The topological polar surface area (TPSA) is 113 Å². The maximum absolute atomic E-state index is 13.6. The summed E-state index contributed by atoms with van der Waals surface area (Å²) in [6.45, 7) is 2.47. The van der Waals surface area contributed by atoms with Gasteiger partial charge < -0.3 is 15.0 Å². The van der Waals surface area contributed by atoms with Crippen molar-refractivity contribution in [1.82, 2.24) is 19.6 Å². The molecule has 2 aliphatic rings. The van der Waals surface area contributed by atoms with Crippen LogP contribution >= 0.6 is 24.0 Å². The molecule has 0 radical (unpaired) electrons. The number of thiocarbonyl (C=S) groups is 1. The minimum Gasteiger partial charge on any atom is -0.469 e. The maximum Gasteiger partial charge on any atom is 0.308 e. The second-order valence-corrected chi connectivity index (χ2v) is 9.29. The molecule has 0 saturated carbocycles. The highest BCUT2D eigenvalue weighted by molar-refractivity contribution is 8.26. The van der Waals surface area contributed by atoms with E-state index >= 15 is 0 Å². The van der Waals surface area contributed by atoms with Crippen molar-refractivity contribution < 1.29 is 19.1 Å². The van der Waals surface area contributed by atoms with E-state index in [1.807, 2.05) is 13.0 Å². The number of nitrogens with zero attached hydrogens (tertiary/aromatic N) is 4. The average Bonchev–Trinajstić information content (AvgIpc) is 3.03. The largest absolute Gasteiger partial charge is 0.469 e. The average molecular weight is 488 g/mol. The maximum atomic E-state index is 13.6. The molecule has 1 atom stereocenters. The number of likely N-dealkylation sites (N-methyl/N-ethyl adjacent to an activating group) is 1. The third-order valence-electron chi connectivity index (χ3n) is 5.44. The van der Waals surface area contributed by atoms with E-state index in [1.54, 1.807) is 24.2 Å². The van der Waals surface area contributed by atoms with Crippen molar-refractivity contribution in [3.8, 4) is 0 Å². The summed E-state index contributed by atoms with van der Waals surface area (Å²) in [5, 5.41) is 2.73. The third-order valence-corrected chi connectivity index (χ3v) is 6.92. The minimum absolute atomic E-state index is 0.136. The lowest BCUT2D eigenvalue weighted by atomic mass is 10.1. The Morgan fingerprint density at radius 2 is 2.12 bits per heavy atom. The summed E-state index contributed by atoms with van der Waals surface area (Å²) in [6.07, 6.45) is 2.91. The fourth-order valence-corrected chi connectivity index (χ4v) is 4.84. The molecule has 12 heteroatoms. The number of nitrogens with one attached hydrogen (secondary N) is 1. The van der Waals surface area contributed by atoms with Crippen molar-refractivity contribution in [3.05, 3.63) is 44.7 Å². The summed E-state index contributed by atoms with van der Waals surface area (Å²) in [4.78, 5) is 58.7. The number of rotatable bonds is 4. The lowest BCUT2D eigenvalue weighted by molar-refractivity contribution is -0.143. The number of hydrogen-bond acceptors (Lipinski definition) is 9. The zero-order valence-electron chi connectivity index (χ0n) is 18.2. The summed E-state index contributed by atoms with van der Waals surface area (Å²) in [5.41, 5.74) is 0.967. The Morgan fingerprint density at radius 3 is 2.79 bits per heavy atom. The van der Waals surface area contributed by atoms with E-state index < -0.39 is 17.6 Å². The van der Waals surface area contributed by atoms with Gasteiger partial charge in [-0.05, 0) is 24.6 Å². The van der Waals surface area contributed by atoms with Crippen LogP contribution in [0.4, 0.5) is 5.82 Å². The smallest absolute Gasteiger partial charge is 0.308 e. The number of carbonyl (C=O) groups is 3. The van der Waals surface area contributed by atoms with Crippen molar-refractivity contribution in [3.63, 3.8) is 0 Å². The number of aryl methyl sites for hydroxylation is 1. The molecule has 1 unspecified atom stereocenters. The monoisotopic (exact) mass is 487 g/mol. The zero-order chi connectivity index (χ0) is 23.9. The zero-order valence-corrected chi connectivity index (χ0v) is 19.8. The molecule has 33 heavy (non-hydrogen) atoms. The van der Waals surface area contributed by atoms with Crippen LogP contribution < -0.4 is 15.8 Å². The Bertz CT molecular complexity index is 1290. The summed E-state index contributed by atoms with van der Waals surface area (Å²) < 4.78 is 6.53. The van der Waals surface area contributed by atoms with Gasteiger partial charge in [0.15, 0.2) is 0 Å². The Kier molecular flexibility index (Phi) is 6.21. The van der Waals surface area contributed by atoms with Gasteiger partial charge in [0.25, 0.3) is 11.5 Å². The van der Waals surface area contributed by atoms with Gasteiger partial charge in [-0.3, -0.25) is 28.5 Å². The predicted octanol–water partition coefficient (Wildman–Crippen LogP) is 0.702. The number of pyridine rings is 1. The number of methoxy groups -OCH3 is 1. The van der Waals surface area contributed by atoms with Crippen LogP contribution in [-0.4, -0.2) is 69.7 Å². The third kappa shape index (κ3) is 4.23. The van der Waals surface area contributed by atoms with Crippen molar-refractivity contribution in [2.45, 2.75) is 19.4 Å². The van der Waals surface area contributed by atoms with E-state index in [4.69, 9.17) is 17.0 Å². The number of thioether (sulfide) groups is 1. The van der Waals surface area contributed by atoms with E-state index in [1.165, 1.54) is 22.5 Å². The van der Waals surface area contributed by atoms with Gasteiger partial charge in [-0.15, -0.1) is 0 Å². The molecule has 2 fully saturated rings. The van der Waals surface area contributed by atoms with Crippen LogP contribution in [0.3, 0.4) is 0 Å². The molecule has 0 aliphatic carbocycles. The number of aromatic nitrogens is 2. The Labute approximate surface area is 198 Å². The van der Waals surface area contributed by atoms with E-state index in [-0.39, 0.29) is 34.5 Å². The summed E-state index contributed by atoms with van der Waals surface area (Å²) in [6, 6.07) is 2.61. The van der Waals surface area contributed by atoms with Gasteiger partial charge in [0.05, 0.1) is 24.0 Å². The number of amides is 2. The van der Waals surface area contributed by atoms with Crippen LogP contribution in [0.5, 0.6) is 0 Å². The Morgan fingerprint density at radius 1 is 1.36 bits per heavy atom. The van der Waals surface area contributed by atoms with Gasteiger partial charge in [0.2, 0.25) is 5.91 Å². The molecule has 2 saturated heterocycles. The Balaban J connectivity index is 1.94. The van der Waals surface area contributed by atoms with Gasteiger partial charge in [0, 0.05) is 26.3 Å². The minimum atomic E-state index is -0.918. The molecule has 2 aromatic rings.